The monoisotopic (exact) mass is 722 g/mol. The molecule has 3 aromatic carbocycles. The van der Waals surface area contributed by atoms with Crippen LogP contribution in [-0.4, -0.2) is 86.5 Å². The Morgan fingerprint density at radius 1 is 0.900 bits per heavy atom. The number of carbonyl (C=O) groups is 1. The Morgan fingerprint density at radius 3 is 2.24 bits per heavy atom. The van der Waals surface area contributed by atoms with E-state index in [1.54, 1.807) is 50.7 Å². The van der Waals surface area contributed by atoms with Crippen molar-refractivity contribution in [3.63, 3.8) is 0 Å². The van der Waals surface area contributed by atoms with Gasteiger partial charge in [-0.2, -0.15) is 4.98 Å². The Balaban J connectivity index is 1.38. The van der Waals surface area contributed by atoms with E-state index in [1.807, 2.05) is 39.0 Å². The molecule has 5 rings (SSSR count). The van der Waals surface area contributed by atoms with Gasteiger partial charge >= 0.3 is 6.09 Å². The molecular weight excluding hydrogens is 679 g/mol. The van der Waals surface area contributed by atoms with Crippen LogP contribution in [0.2, 0.25) is 10.0 Å². The zero-order valence-electron chi connectivity index (χ0n) is 29.4. The van der Waals surface area contributed by atoms with Gasteiger partial charge in [-0.1, -0.05) is 40.9 Å². The van der Waals surface area contributed by atoms with Crippen molar-refractivity contribution in [2.75, 3.05) is 70.8 Å². The van der Waals surface area contributed by atoms with Gasteiger partial charge < -0.3 is 34.1 Å². The standard InChI is InChI=1S/C37H44Cl2N6O5/c1-24-16-25(2)34(26(3)17-24)50-37(46)45(23-27-18-28(38)20-29(39)19-27)33-8-9-40-36(42-33)41-30-21-31(47-5)35(48-6)32(22-30)49-15-7-10-44-13-11-43(4)12-14-44/h8-9,16-22H,7,10-15,23H2,1-6H3,(H,40,41,42). The second kappa shape index (κ2) is 17.1. The molecule has 1 aliphatic rings. The highest BCUT2D eigenvalue weighted by atomic mass is 35.5. The molecule has 13 heteroatoms. The van der Waals surface area contributed by atoms with E-state index in [9.17, 15) is 4.79 Å². The number of carbonyl (C=O) groups excluding carboxylic acids is 1. The molecule has 0 unspecified atom stereocenters. The molecular formula is C37H44Cl2N6O5. The number of rotatable bonds is 13. The molecule has 0 spiro atoms. The van der Waals surface area contributed by atoms with Crippen molar-refractivity contribution in [3.05, 3.63) is 87.0 Å². The molecule has 0 saturated carbocycles. The third-order valence-electron chi connectivity index (χ3n) is 8.37. The maximum atomic E-state index is 13.9. The van der Waals surface area contributed by atoms with Crippen LogP contribution in [0.5, 0.6) is 23.0 Å². The molecule has 1 aliphatic heterocycles. The minimum atomic E-state index is -0.626. The van der Waals surface area contributed by atoms with Gasteiger partial charge in [0.15, 0.2) is 11.5 Å². The lowest BCUT2D eigenvalue weighted by atomic mass is 10.1. The number of piperazine rings is 1. The molecule has 1 aromatic heterocycles. The Morgan fingerprint density at radius 2 is 1.58 bits per heavy atom. The predicted octanol–water partition coefficient (Wildman–Crippen LogP) is 7.69. The normalized spacial score (nSPS) is 13.5. The fraction of sp³-hybridized carbons (Fsp3) is 0.378. The zero-order valence-corrected chi connectivity index (χ0v) is 30.9. The molecule has 0 aliphatic carbocycles. The first-order valence-corrected chi connectivity index (χ1v) is 17.2. The topological polar surface area (TPSA) is 102 Å². The van der Waals surface area contributed by atoms with Crippen LogP contribution in [0.15, 0.2) is 54.7 Å². The van der Waals surface area contributed by atoms with Crippen LogP contribution < -0.4 is 29.2 Å². The van der Waals surface area contributed by atoms with Gasteiger partial charge in [0.25, 0.3) is 0 Å². The minimum absolute atomic E-state index is 0.0853. The molecule has 0 atom stereocenters. The number of likely N-dealkylation sites (N-methyl/N-ethyl adjacent to an activating group) is 1. The summed E-state index contributed by atoms with van der Waals surface area (Å²) in [6.45, 7) is 11.6. The fourth-order valence-electron chi connectivity index (χ4n) is 5.93. The number of aromatic nitrogens is 2. The molecule has 0 bridgehead atoms. The van der Waals surface area contributed by atoms with E-state index in [0.29, 0.717) is 56.7 Å². The van der Waals surface area contributed by atoms with E-state index in [4.69, 9.17) is 47.1 Å². The number of hydrogen-bond donors (Lipinski definition) is 1. The highest BCUT2D eigenvalue weighted by molar-refractivity contribution is 6.34. The van der Waals surface area contributed by atoms with E-state index in [-0.39, 0.29) is 12.5 Å². The third-order valence-corrected chi connectivity index (χ3v) is 8.80. The molecule has 2 heterocycles. The summed E-state index contributed by atoms with van der Waals surface area (Å²) in [7, 11) is 5.30. The number of methoxy groups -OCH3 is 2. The summed E-state index contributed by atoms with van der Waals surface area (Å²) in [6.07, 6.45) is 1.80. The molecule has 4 aromatic rings. The summed E-state index contributed by atoms with van der Waals surface area (Å²) < 4.78 is 23.5. The summed E-state index contributed by atoms with van der Waals surface area (Å²) in [5.41, 5.74) is 4.07. The lowest BCUT2D eigenvalue weighted by molar-refractivity contribution is 0.145. The van der Waals surface area contributed by atoms with Gasteiger partial charge in [0.2, 0.25) is 11.7 Å². The van der Waals surface area contributed by atoms with Crippen LogP contribution in [-0.2, 0) is 6.54 Å². The molecule has 11 nitrogen and oxygen atoms in total. The summed E-state index contributed by atoms with van der Waals surface area (Å²) in [5, 5.41) is 4.13. The number of benzene rings is 3. The van der Waals surface area contributed by atoms with E-state index >= 15 is 0 Å². The first kappa shape index (κ1) is 37.0. The van der Waals surface area contributed by atoms with Gasteiger partial charge in [-0.15, -0.1) is 0 Å². The van der Waals surface area contributed by atoms with Crippen molar-refractivity contribution in [1.82, 2.24) is 19.8 Å². The van der Waals surface area contributed by atoms with Crippen molar-refractivity contribution in [3.8, 4) is 23.0 Å². The second-order valence-corrected chi connectivity index (χ2v) is 13.3. The quantitative estimate of drug-likeness (QED) is 0.138. The number of nitrogens with zero attached hydrogens (tertiary/aromatic N) is 5. The average molecular weight is 724 g/mol. The van der Waals surface area contributed by atoms with Crippen molar-refractivity contribution in [1.29, 1.82) is 0 Å². The molecule has 1 fully saturated rings. The van der Waals surface area contributed by atoms with Gasteiger partial charge in [0.05, 0.1) is 27.4 Å². The average Bonchev–Trinajstić information content (AvgIpc) is 3.07. The predicted molar refractivity (Wildman–Crippen MR) is 198 cm³/mol. The Kier molecular flexibility index (Phi) is 12.6. The van der Waals surface area contributed by atoms with Gasteiger partial charge in [0, 0.05) is 66.8 Å². The number of aryl methyl sites for hydroxylation is 3. The number of halogens is 2. The van der Waals surface area contributed by atoms with Crippen LogP contribution >= 0.6 is 23.2 Å². The van der Waals surface area contributed by atoms with Gasteiger partial charge in [-0.05, 0) is 75.2 Å². The van der Waals surface area contributed by atoms with Crippen LogP contribution in [0.3, 0.4) is 0 Å². The maximum Gasteiger partial charge on any atom is 0.421 e. The van der Waals surface area contributed by atoms with E-state index < -0.39 is 6.09 Å². The smallest absolute Gasteiger partial charge is 0.421 e. The zero-order chi connectivity index (χ0) is 35.8. The molecule has 1 N–H and O–H groups in total. The van der Waals surface area contributed by atoms with Crippen molar-refractivity contribution >= 4 is 46.7 Å². The van der Waals surface area contributed by atoms with E-state index in [0.717, 1.165) is 55.8 Å². The molecule has 266 valence electrons. The molecule has 1 amide bonds. The number of ether oxygens (including phenoxy) is 4. The minimum Gasteiger partial charge on any atom is -0.493 e. The lowest BCUT2D eigenvalue weighted by Crippen LogP contribution is -2.44. The molecule has 0 radical (unpaired) electrons. The first-order valence-electron chi connectivity index (χ1n) is 16.4. The molecule has 50 heavy (non-hydrogen) atoms. The van der Waals surface area contributed by atoms with Crippen LogP contribution in [0, 0.1) is 20.8 Å². The second-order valence-electron chi connectivity index (χ2n) is 12.4. The highest BCUT2D eigenvalue weighted by Crippen LogP contribution is 2.41. The largest absolute Gasteiger partial charge is 0.493 e. The van der Waals surface area contributed by atoms with E-state index in [2.05, 4.69) is 27.1 Å². The Hall–Kier alpha value is -4.29. The van der Waals surface area contributed by atoms with Gasteiger partial charge in [-0.25, -0.2) is 9.78 Å². The summed E-state index contributed by atoms with van der Waals surface area (Å²) >= 11 is 12.6. The van der Waals surface area contributed by atoms with Gasteiger partial charge in [0.1, 0.15) is 11.6 Å². The van der Waals surface area contributed by atoms with Crippen LogP contribution in [0.25, 0.3) is 0 Å². The Labute approximate surface area is 304 Å². The summed E-state index contributed by atoms with van der Waals surface area (Å²) in [5.74, 6) is 2.52. The fourth-order valence-corrected chi connectivity index (χ4v) is 6.50. The number of anilines is 3. The maximum absolute atomic E-state index is 13.9. The third kappa shape index (κ3) is 9.69. The molecule has 1 saturated heterocycles. The summed E-state index contributed by atoms with van der Waals surface area (Å²) in [6, 6.07) is 14.3. The van der Waals surface area contributed by atoms with E-state index in [1.165, 1.54) is 4.90 Å². The highest BCUT2D eigenvalue weighted by Gasteiger charge is 2.23. The first-order chi connectivity index (χ1) is 24.0. The number of nitrogens with one attached hydrogen (secondary N) is 1. The summed E-state index contributed by atoms with van der Waals surface area (Å²) in [4.78, 5) is 29.2. The van der Waals surface area contributed by atoms with Crippen molar-refractivity contribution < 1.29 is 23.7 Å². The van der Waals surface area contributed by atoms with Crippen molar-refractivity contribution in [2.45, 2.75) is 33.7 Å². The lowest BCUT2D eigenvalue weighted by Gasteiger charge is -2.32. The van der Waals surface area contributed by atoms with Crippen molar-refractivity contribution in [2.24, 2.45) is 0 Å². The number of hydrogen-bond acceptors (Lipinski definition) is 10. The van der Waals surface area contributed by atoms with Crippen LogP contribution in [0.4, 0.5) is 22.2 Å². The van der Waals surface area contributed by atoms with Crippen LogP contribution in [0.1, 0.15) is 28.7 Å². The Bertz CT molecular complexity index is 1760. The SMILES string of the molecule is COc1cc(Nc2nccc(N(Cc3cc(Cl)cc(Cl)c3)C(=O)Oc3c(C)cc(C)cc3C)n2)cc(OCCCN2CCN(C)CC2)c1OC. The van der Waals surface area contributed by atoms with Gasteiger partial charge in [-0.3, -0.25) is 4.90 Å². The number of amides is 1.